The highest BCUT2D eigenvalue weighted by atomic mass is 35.5. The van der Waals surface area contributed by atoms with Crippen molar-refractivity contribution in [1.29, 1.82) is 0 Å². The maximum absolute atomic E-state index is 5.73. The summed E-state index contributed by atoms with van der Waals surface area (Å²) >= 11 is 1.56. The van der Waals surface area contributed by atoms with Gasteiger partial charge in [0.05, 0.1) is 13.2 Å². The van der Waals surface area contributed by atoms with Gasteiger partial charge < -0.3 is 15.8 Å². The SMILES string of the molecule is COc1ccccc1C1CNCCN1Cc1cnc(N)s1.Cl.Cl. The van der Waals surface area contributed by atoms with Gasteiger partial charge in [-0.25, -0.2) is 4.98 Å². The number of para-hydroxylation sites is 1. The Morgan fingerprint density at radius 3 is 2.87 bits per heavy atom. The summed E-state index contributed by atoms with van der Waals surface area (Å²) in [5, 5.41) is 4.10. The minimum Gasteiger partial charge on any atom is -0.496 e. The van der Waals surface area contributed by atoms with E-state index in [0.717, 1.165) is 31.9 Å². The Bertz CT molecular complexity index is 611. The summed E-state index contributed by atoms with van der Waals surface area (Å²) in [4.78, 5) is 7.81. The number of rotatable bonds is 4. The van der Waals surface area contributed by atoms with Gasteiger partial charge in [-0.05, 0) is 6.07 Å². The van der Waals surface area contributed by atoms with Crippen molar-refractivity contribution in [1.82, 2.24) is 15.2 Å². The van der Waals surface area contributed by atoms with Crippen molar-refractivity contribution in [3.8, 4) is 5.75 Å². The van der Waals surface area contributed by atoms with Crippen molar-refractivity contribution in [2.75, 3.05) is 32.5 Å². The second-order valence-corrected chi connectivity index (χ2v) is 6.24. The zero-order valence-electron chi connectivity index (χ0n) is 12.9. The number of nitrogens with zero attached hydrogens (tertiary/aromatic N) is 2. The number of thiazole rings is 1. The monoisotopic (exact) mass is 376 g/mol. The summed E-state index contributed by atoms with van der Waals surface area (Å²) in [6.07, 6.45) is 1.88. The molecule has 3 rings (SSSR count). The molecule has 0 amide bonds. The van der Waals surface area contributed by atoms with Gasteiger partial charge in [0.1, 0.15) is 5.75 Å². The van der Waals surface area contributed by atoms with Crippen LogP contribution in [-0.4, -0.2) is 36.6 Å². The highest BCUT2D eigenvalue weighted by Crippen LogP contribution is 2.31. The number of methoxy groups -OCH3 is 1. The summed E-state index contributed by atoms with van der Waals surface area (Å²) in [7, 11) is 1.73. The molecular formula is C15H22Cl2N4OS. The first-order valence-corrected chi connectivity index (χ1v) is 7.87. The number of anilines is 1. The molecule has 0 radical (unpaired) electrons. The Morgan fingerprint density at radius 2 is 2.17 bits per heavy atom. The first-order chi connectivity index (χ1) is 10.3. The standard InChI is InChI=1S/C15H20N4OS.2ClH/c1-20-14-5-3-2-4-12(14)13-9-17-6-7-19(13)10-11-8-18-15(16)21-11;;/h2-5,8,13,17H,6-7,9-10H2,1H3,(H2,16,18);2*1H. The molecule has 1 atom stereocenters. The number of piperazine rings is 1. The largest absolute Gasteiger partial charge is 0.496 e. The Balaban J connectivity index is 0.00000132. The summed E-state index contributed by atoms with van der Waals surface area (Å²) in [5.74, 6) is 0.944. The molecule has 128 valence electrons. The zero-order chi connectivity index (χ0) is 14.7. The van der Waals surface area contributed by atoms with Crippen molar-refractivity contribution in [3.63, 3.8) is 0 Å². The molecule has 1 aromatic carbocycles. The van der Waals surface area contributed by atoms with Crippen molar-refractivity contribution < 1.29 is 4.74 Å². The van der Waals surface area contributed by atoms with Crippen LogP contribution in [0.4, 0.5) is 5.13 Å². The van der Waals surface area contributed by atoms with E-state index in [0.29, 0.717) is 11.2 Å². The molecule has 1 aliphatic rings. The van der Waals surface area contributed by atoms with Crippen LogP contribution in [0.1, 0.15) is 16.5 Å². The topological polar surface area (TPSA) is 63.4 Å². The number of nitrogens with one attached hydrogen (secondary N) is 1. The average Bonchev–Trinajstić information content (AvgIpc) is 2.93. The Morgan fingerprint density at radius 1 is 1.39 bits per heavy atom. The third-order valence-corrected chi connectivity index (χ3v) is 4.59. The molecule has 3 N–H and O–H groups in total. The molecular weight excluding hydrogens is 355 g/mol. The van der Waals surface area contributed by atoms with Gasteiger partial charge >= 0.3 is 0 Å². The molecule has 0 bridgehead atoms. The van der Waals surface area contributed by atoms with Crippen molar-refractivity contribution in [2.24, 2.45) is 0 Å². The maximum atomic E-state index is 5.73. The third-order valence-electron chi connectivity index (χ3n) is 3.78. The van der Waals surface area contributed by atoms with Crippen molar-refractivity contribution in [3.05, 3.63) is 40.9 Å². The number of benzene rings is 1. The number of halogens is 2. The number of ether oxygens (including phenoxy) is 1. The lowest BCUT2D eigenvalue weighted by Gasteiger charge is -2.36. The van der Waals surface area contributed by atoms with Crippen LogP contribution in [0.5, 0.6) is 5.75 Å². The fourth-order valence-electron chi connectivity index (χ4n) is 2.78. The molecule has 1 aliphatic heterocycles. The number of nitrogens with two attached hydrogens (primary N) is 1. The van der Waals surface area contributed by atoms with E-state index in [2.05, 4.69) is 27.3 Å². The summed E-state index contributed by atoms with van der Waals surface area (Å²) in [6, 6.07) is 8.54. The van der Waals surface area contributed by atoms with Crippen LogP contribution in [-0.2, 0) is 6.54 Å². The van der Waals surface area contributed by atoms with E-state index in [9.17, 15) is 0 Å². The fourth-order valence-corrected chi connectivity index (χ4v) is 3.49. The molecule has 1 fully saturated rings. The van der Waals surface area contributed by atoms with Gasteiger partial charge in [-0.1, -0.05) is 18.2 Å². The number of hydrogen-bond acceptors (Lipinski definition) is 6. The minimum atomic E-state index is 0. The summed E-state index contributed by atoms with van der Waals surface area (Å²) < 4.78 is 5.52. The van der Waals surface area contributed by atoms with E-state index in [-0.39, 0.29) is 24.8 Å². The molecule has 0 saturated carbocycles. The minimum absolute atomic E-state index is 0. The molecule has 1 unspecified atom stereocenters. The predicted molar refractivity (Wildman–Crippen MR) is 100 cm³/mol. The first-order valence-electron chi connectivity index (χ1n) is 7.06. The van der Waals surface area contributed by atoms with E-state index >= 15 is 0 Å². The van der Waals surface area contributed by atoms with E-state index in [1.54, 1.807) is 18.4 Å². The quantitative estimate of drug-likeness (QED) is 0.858. The molecule has 2 aromatic rings. The molecule has 0 aliphatic carbocycles. The lowest BCUT2D eigenvalue weighted by Crippen LogP contribution is -2.45. The highest BCUT2D eigenvalue weighted by molar-refractivity contribution is 7.15. The van der Waals surface area contributed by atoms with Gasteiger partial charge in [0.15, 0.2) is 5.13 Å². The number of hydrogen-bond donors (Lipinski definition) is 2. The molecule has 2 heterocycles. The van der Waals surface area contributed by atoms with Crippen LogP contribution in [0.2, 0.25) is 0 Å². The van der Waals surface area contributed by atoms with Crippen LogP contribution < -0.4 is 15.8 Å². The van der Waals surface area contributed by atoms with Gasteiger partial charge in [-0.3, -0.25) is 4.90 Å². The fraction of sp³-hybridized carbons (Fsp3) is 0.400. The molecule has 8 heteroatoms. The normalized spacial score (nSPS) is 17.9. The summed E-state index contributed by atoms with van der Waals surface area (Å²) in [6.45, 7) is 3.80. The second kappa shape index (κ2) is 9.30. The third kappa shape index (κ3) is 4.71. The average molecular weight is 377 g/mol. The van der Waals surface area contributed by atoms with E-state index in [1.165, 1.54) is 10.4 Å². The Kier molecular flexibility index (Phi) is 8.08. The zero-order valence-corrected chi connectivity index (χ0v) is 15.3. The van der Waals surface area contributed by atoms with Gasteiger partial charge in [-0.15, -0.1) is 36.2 Å². The second-order valence-electron chi connectivity index (χ2n) is 5.10. The number of nitrogen functional groups attached to an aromatic ring is 1. The lowest BCUT2D eigenvalue weighted by molar-refractivity contribution is 0.152. The van der Waals surface area contributed by atoms with Crippen molar-refractivity contribution in [2.45, 2.75) is 12.6 Å². The Hall–Kier alpha value is -1.05. The van der Waals surface area contributed by atoms with Gasteiger partial charge in [0.25, 0.3) is 0 Å². The molecule has 23 heavy (non-hydrogen) atoms. The predicted octanol–water partition coefficient (Wildman–Crippen LogP) is 2.72. The van der Waals surface area contributed by atoms with E-state index in [1.807, 2.05) is 18.3 Å². The van der Waals surface area contributed by atoms with Crippen LogP contribution >= 0.6 is 36.2 Å². The first kappa shape index (κ1) is 20.0. The van der Waals surface area contributed by atoms with Gasteiger partial charge in [0, 0.05) is 42.8 Å². The molecule has 1 saturated heterocycles. The van der Waals surface area contributed by atoms with E-state index < -0.39 is 0 Å². The van der Waals surface area contributed by atoms with Crippen LogP contribution in [0.3, 0.4) is 0 Å². The smallest absolute Gasteiger partial charge is 0.180 e. The molecule has 1 aromatic heterocycles. The van der Waals surface area contributed by atoms with E-state index in [4.69, 9.17) is 10.5 Å². The van der Waals surface area contributed by atoms with Crippen molar-refractivity contribution >= 4 is 41.3 Å². The lowest BCUT2D eigenvalue weighted by atomic mass is 10.0. The molecule has 5 nitrogen and oxygen atoms in total. The van der Waals surface area contributed by atoms with Crippen LogP contribution in [0.25, 0.3) is 0 Å². The molecule has 0 spiro atoms. The van der Waals surface area contributed by atoms with Crippen LogP contribution in [0, 0.1) is 0 Å². The number of aromatic nitrogens is 1. The Labute approximate surface area is 153 Å². The van der Waals surface area contributed by atoms with Gasteiger partial charge in [-0.2, -0.15) is 0 Å². The summed E-state index contributed by atoms with van der Waals surface area (Å²) in [5.41, 5.74) is 6.96. The van der Waals surface area contributed by atoms with Gasteiger partial charge in [0.2, 0.25) is 0 Å². The maximum Gasteiger partial charge on any atom is 0.180 e. The highest BCUT2D eigenvalue weighted by Gasteiger charge is 2.26. The van der Waals surface area contributed by atoms with Crippen LogP contribution in [0.15, 0.2) is 30.5 Å².